The molecule has 0 saturated carbocycles. The molecule has 2 N–H and O–H groups in total. The molecule has 0 bridgehead atoms. The number of aromatic nitrogens is 2. The Balaban J connectivity index is 2.56. The third-order valence-electron chi connectivity index (χ3n) is 2.65. The summed E-state index contributed by atoms with van der Waals surface area (Å²) < 4.78 is 1.90. The fraction of sp³-hybridized carbons (Fsp3) is 0.417. The van der Waals surface area contributed by atoms with Crippen molar-refractivity contribution in [2.24, 2.45) is 0 Å². The summed E-state index contributed by atoms with van der Waals surface area (Å²) in [4.78, 5) is 4.38. The molecule has 0 aliphatic rings. The number of benzene rings is 1. The topological polar surface area (TPSA) is 58.3 Å². The van der Waals surface area contributed by atoms with Gasteiger partial charge in [-0.15, -0.1) is 0 Å². The molecule has 0 saturated heterocycles. The highest BCUT2D eigenvalue weighted by molar-refractivity contribution is 6.31. The van der Waals surface area contributed by atoms with Crippen LogP contribution < -0.4 is 0 Å². The third kappa shape index (κ3) is 2.44. The summed E-state index contributed by atoms with van der Waals surface area (Å²) in [5.41, 5.74) is 1.70. The molecule has 1 atom stereocenters. The van der Waals surface area contributed by atoms with Gasteiger partial charge in [-0.1, -0.05) is 11.6 Å². The third-order valence-corrected chi connectivity index (χ3v) is 2.89. The summed E-state index contributed by atoms with van der Waals surface area (Å²) >= 11 is 5.96. The SMILES string of the molecule is CC(O)c1nc2ccc(Cl)cc2n1CCCO. The van der Waals surface area contributed by atoms with E-state index in [1.54, 1.807) is 13.0 Å². The molecule has 0 radical (unpaired) electrons. The second-order valence-corrected chi connectivity index (χ2v) is 4.44. The van der Waals surface area contributed by atoms with Gasteiger partial charge in [-0.25, -0.2) is 4.98 Å². The second kappa shape index (κ2) is 5.04. The maximum absolute atomic E-state index is 9.70. The Kier molecular flexibility index (Phi) is 3.66. The van der Waals surface area contributed by atoms with Crippen molar-refractivity contribution < 1.29 is 10.2 Å². The fourth-order valence-electron chi connectivity index (χ4n) is 1.90. The Labute approximate surface area is 104 Å². The largest absolute Gasteiger partial charge is 0.396 e. The van der Waals surface area contributed by atoms with E-state index < -0.39 is 6.10 Å². The number of fused-ring (bicyclic) bond motifs is 1. The lowest BCUT2D eigenvalue weighted by Gasteiger charge is -2.09. The molecule has 0 spiro atoms. The van der Waals surface area contributed by atoms with E-state index in [0.717, 1.165) is 11.0 Å². The molecule has 1 heterocycles. The van der Waals surface area contributed by atoms with Gasteiger partial charge >= 0.3 is 0 Å². The maximum atomic E-state index is 9.70. The summed E-state index contributed by atoms with van der Waals surface area (Å²) in [5.74, 6) is 0.607. The zero-order chi connectivity index (χ0) is 12.4. The van der Waals surface area contributed by atoms with E-state index >= 15 is 0 Å². The van der Waals surface area contributed by atoms with E-state index in [0.29, 0.717) is 23.8 Å². The lowest BCUT2D eigenvalue weighted by Crippen LogP contribution is -2.08. The molecular formula is C12H15ClN2O2. The Bertz CT molecular complexity index is 522. The van der Waals surface area contributed by atoms with Crippen LogP contribution in [0, 0.1) is 0 Å². The number of hydrogen-bond acceptors (Lipinski definition) is 3. The first kappa shape index (κ1) is 12.4. The van der Waals surface area contributed by atoms with Gasteiger partial charge in [-0.05, 0) is 31.5 Å². The van der Waals surface area contributed by atoms with Gasteiger partial charge in [0.1, 0.15) is 11.9 Å². The van der Waals surface area contributed by atoms with Crippen LogP contribution in [0.5, 0.6) is 0 Å². The number of imidazole rings is 1. The van der Waals surface area contributed by atoms with Gasteiger partial charge in [0, 0.05) is 18.2 Å². The molecular weight excluding hydrogens is 240 g/mol. The Morgan fingerprint density at radius 2 is 2.24 bits per heavy atom. The monoisotopic (exact) mass is 254 g/mol. The van der Waals surface area contributed by atoms with Gasteiger partial charge in [-0.3, -0.25) is 0 Å². The number of aliphatic hydroxyl groups is 2. The van der Waals surface area contributed by atoms with Crippen LogP contribution in [0.3, 0.4) is 0 Å². The van der Waals surface area contributed by atoms with E-state index in [1.165, 1.54) is 0 Å². The molecule has 1 unspecified atom stereocenters. The summed E-state index contributed by atoms with van der Waals surface area (Å²) in [5, 5.41) is 19.2. The highest BCUT2D eigenvalue weighted by atomic mass is 35.5. The van der Waals surface area contributed by atoms with Crippen LogP contribution in [0.4, 0.5) is 0 Å². The quantitative estimate of drug-likeness (QED) is 0.879. The summed E-state index contributed by atoms with van der Waals surface area (Å²) in [6.45, 7) is 2.41. The molecule has 0 aliphatic carbocycles. The van der Waals surface area contributed by atoms with Crippen LogP contribution in [0.2, 0.25) is 5.02 Å². The zero-order valence-electron chi connectivity index (χ0n) is 9.60. The first-order chi connectivity index (χ1) is 8.13. The molecule has 0 fully saturated rings. The highest BCUT2D eigenvalue weighted by Crippen LogP contribution is 2.24. The molecule has 2 aromatic rings. The molecule has 17 heavy (non-hydrogen) atoms. The minimum Gasteiger partial charge on any atom is -0.396 e. The first-order valence-electron chi connectivity index (χ1n) is 5.58. The van der Waals surface area contributed by atoms with E-state index in [-0.39, 0.29) is 6.61 Å². The predicted molar refractivity (Wildman–Crippen MR) is 67.1 cm³/mol. The van der Waals surface area contributed by atoms with Gasteiger partial charge in [0.05, 0.1) is 11.0 Å². The van der Waals surface area contributed by atoms with Crippen molar-refractivity contribution >= 4 is 22.6 Å². The lowest BCUT2D eigenvalue weighted by molar-refractivity contribution is 0.183. The summed E-state index contributed by atoms with van der Waals surface area (Å²) in [6.07, 6.45) is -0.0163. The van der Waals surface area contributed by atoms with Gasteiger partial charge < -0.3 is 14.8 Å². The molecule has 5 heteroatoms. The van der Waals surface area contributed by atoms with Crippen molar-refractivity contribution in [3.8, 4) is 0 Å². The lowest BCUT2D eigenvalue weighted by atomic mass is 10.3. The second-order valence-electron chi connectivity index (χ2n) is 4.01. The van der Waals surface area contributed by atoms with Crippen molar-refractivity contribution in [1.29, 1.82) is 0 Å². The number of hydrogen-bond donors (Lipinski definition) is 2. The predicted octanol–water partition coefficient (Wildman–Crippen LogP) is 2.13. The molecule has 1 aromatic carbocycles. The molecule has 4 nitrogen and oxygen atoms in total. The Morgan fingerprint density at radius 3 is 2.88 bits per heavy atom. The highest BCUT2D eigenvalue weighted by Gasteiger charge is 2.14. The summed E-state index contributed by atoms with van der Waals surface area (Å²) in [7, 11) is 0. The van der Waals surface area contributed by atoms with Crippen molar-refractivity contribution in [1.82, 2.24) is 9.55 Å². The molecule has 92 valence electrons. The average molecular weight is 255 g/mol. The van der Waals surface area contributed by atoms with Gasteiger partial charge in [0.15, 0.2) is 0 Å². The van der Waals surface area contributed by atoms with Crippen LogP contribution in [0.25, 0.3) is 11.0 Å². The molecule has 2 rings (SSSR count). The number of rotatable bonds is 4. The van der Waals surface area contributed by atoms with Gasteiger partial charge in [-0.2, -0.15) is 0 Å². The van der Waals surface area contributed by atoms with Gasteiger partial charge in [0.25, 0.3) is 0 Å². The number of aliphatic hydroxyl groups excluding tert-OH is 2. The van der Waals surface area contributed by atoms with Crippen LogP contribution >= 0.6 is 11.6 Å². The summed E-state index contributed by atoms with van der Waals surface area (Å²) in [6, 6.07) is 5.44. The van der Waals surface area contributed by atoms with E-state index in [4.69, 9.17) is 16.7 Å². The first-order valence-corrected chi connectivity index (χ1v) is 5.96. The van der Waals surface area contributed by atoms with E-state index in [1.807, 2.05) is 16.7 Å². The minimum absolute atomic E-state index is 0.111. The maximum Gasteiger partial charge on any atom is 0.138 e. The van der Waals surface area contributed by atoms with Crippen molar-refractivity contribution in [3.05, 3.63) is 29.0 Å². The van der Waals surface area contributed by atoms with Gasteiger partial charge in [0.2, 0.25) is 0 Å². The van der Waals surface area contributed by atoms with Crippen LogP contribution in [-0.2, 0) is 6.54 Å². The number of nitrogens with zero attached hydrogens (tertiary/aromatic N) is 2. The van der Waals surface area contributed by atoms with Crippen LogP contribution in [0.15, 0.2) is 18.2 Å². The van der Waals surface area contributed by atoms with Crippen molar-refractivity contribution in [3.63, 3.8) is 0 Å². The standard InChI is InChI=1S/C12H15ClN2O2/c1-8(17)12-14-10-4-3-9(13)7-11(10)15(12)5-2-6-16/h3-4,7-8,16-17H,2,5-6H2,1H3. The molecule has 1 aromatic heterocycles. The van der Waals surface area contributed by atoms with E-state index in [2.05, 4.69) is 4.98 Å². The Hall–Kier alpha value is -1.10. The average Bonchev–Trinajstić information content (AvgIpc) is 2.64. The normalized spacial score (nSPS) is 13.2. The number of aryl methyl sites for hydroxylation is 1. The zero-order valence-corrected chi connectivity index (χ0v) is 10.4. The molecule has 0 aliphatic heterocycles. The van der Waals surface area contributed by atoms with E-state index in [9.17, 15) is 5.11 Å². The fourth-order valence-corrected chi connectivity index (χ4v) is 2.06. The number of halogens is 1. The molecule has 0 amide bonds. The van der Waals surface area contributed by atoms with Crippen molar-refractivity contribution in [2.75, 3.05) is 6.61 Å². The minimum atomic E-state index is -0.639. The smallest absolute Gasteiger partial charge is 0.138 e. The van der Waals surface area contributed by atoms with Crippen LogP contribution in [0.1, 0.15) is 25.3 Å². The Morgan fingerprint density at radius 1 is 1.47 bits per heavy atom. The van der Waals surface area contributed by atoms with Crippen molar-refractivity contribution in [2.45, 2.75) is 26.0 Å². The van der Waals surface area contributed by atoms with Crippen LogP contribution in [-0.4, -0.2) is 26.4 Å².